The van der Waals surface area contributed by atoms with Crippen LogP contribution >= 0.6 is 0 Å². The minimum absolute atomic E-state index is 0.0315. The molecule has 0 spiro atoms. The number of anilines is 1. The average Bonchev–Trinajstić information content (AvgIpc) is 2.75. The molecule has 10 heteroatoms. The number of hydrogen-bond acceptors (Lipinski definition) is 5. The molecule has 2 aromatic rings. The van der Waals surface area contributed by atoms with Gasteiger partial charge in [0.1, 0.15) is 0 Å². The second-order valence-corrected chi connectivity index (χ2v) is 10.3. The topological polar surface area (TPSA) is 104 Å². The van der Waals surface area contributed by atoms with Gasteiger partial charge >= 0.3 is 0 Å². The van der Waals surface area contributed by atoms with Crippen LogP contribution in [0.15, 0.2) is 64.4 Å². The summed E-state index contributed by atoms with van der Waals surface area (Å²) < 4.78 is 52.8. The maximum atomic E-state index is 12.8. The fraction of sp³-hybridized carbons (Fsp3) is 0.286. The van der Waals surface area contributed by atoms with Gasteiger partial charge in [0.15, 0.2) is 0 Å². The Morgan fingerprint density at radius 1 is 0.871 bits per heavy atom. The molecule has 0 fully saturated rings. The first kappa shape index (κ1) is 24.6. The molecule has 166 valence electrons. The molecule has 0 radical (unpaired) electrons. The lowest BCUT2D eigenvalue weighted by atomic mass is 10.3. The van der Waals surface area contributed by atoms with Crippen LogP contribution in [0.4, 0.5) is 5.69 Å². The summed E-state index contributed by atoms with van der Waals surface area (Å²) in [6, 6.07) is 13.4. The zero-order chi connectivity index (χ0) is 23.1. The molecule has 0 unspecified atom stereocenters. The summed E-state index contributed by atoms with van der Waals surface area (Å²) in [5, 5.41) is 2.57. The number of amides is 1. The highest BCUT2D eigenvalue weighted by Crippen LogP contribution is 2.19. The Bertz CT molecular complexity index is 1140. The first-order valence-electron chi connectivity index (χ1n) is 9.55. The van der Waals surface area contributed by atoms with Crippen LogP contribution in [0.3, 0.4) is 0 Å². The van der Waals surface area contributed by atoms with Gasteiger partial charge in [0.05, 0.1) is 22.9 Å². The van der Waals surface area contributed by atoms with E-state index in [0.29, 0.717) is 18.8 Å². The third-order valence-electron chi connectivity index (χ3n) is 4.45. The molecular weight excluding hydrogens is 438 g/mol. The molecule has 8 nitrogen and oxygen atoms in total. The molecule has 0 heterocycles. The van der Waals surface area contributed by atoms with E-state index in [1.165, 1.54) is 40.7 Å². The molecule has 0 atom stereocenters. The van der Waals surface area contributed by atoms with E-state index in [0.717, 1.165) is 4.31 Å². The molecule has 31 heavy (non-hydrogen) atoms. The first-order chi connectivity index (χ1) is 14.7. The third kappa shape index (κ3) is 5.92. The molecule has 2 aromatic carbocycles. The Morgan fingerprint density at radius 2 is 1.39 bits per heavy atom. The number of hydrogen-bond donors (Lipinski definition) is 1. The minimum Gasteiger partial charge on any atom is -0.325 e. The molecule has 1 amide bonds. The van der Waals surface area contributed by atoms with Crippen molar-refractivity contribution in [1.29, 1.82) is 0 Å². The minimum atomic E-state index is -3.95. The molecular formula is C21H25N3O5S2. The van der Waals surface area contributed by atoms with Crippen molar-refractivity contribution in [3.63, 3.8) is 0 Å². The van der Waals surface area contributed by atoms with Crippen LogP contribution in [-0.4, -0.2) is 57.5 Å². The average molecular weight is 464 g/mol. The van der Waals surface area contributed by atoms with E-state index in [1.54, 1.807) is 32.0 Å². The summed E-state index contributed by atoms with van der Waals surface area (Å²) >= 11 is 0. The van der Waals surface area contributed by atoms with Gasteiger partial charge in [0, 0.05) is 18.8 Å². The number of benzene rings is 2. The third-order valence-corrected chi connectivity index (χ3v) is 8.32. The van der Waals surface area contributed by atoms with E-state index >= 15 is 0 Å². The maximum Gasteiger partial charge on any atom is 0.244 e. The Morgan fingerprint density at radius 3 is 1.90 bits per heavy atom. The summed E-state index contributed by atoms with van der Waals surface area (Å²) in [6.07, 6.45) is 5.29. The SMILES string of the molecule is C#CCN(CC(=O)Nc1ccc(S(=O)(=O)N(CC)CC)cc1)S(=O)(=O)c1ccccc1. The van der Waals surface area contributed by atoms with E-state index < -0.39 is 32.5 Å². The van der Waals surface area contributed by atoms with Gasteiger partial charge in [0.2, 0.25) is 26.0 Å². The highest BCUT2D eigenvalue weighted by molar-refractivity contribution is 7.89. The van der Waals surface area contributed by atoms with E-state index in [4.69, 9.17) is 6.42 Å². The number of nitrogens with one attached hydrogen (secondary N) is 1. The summed E-state index contributed by atoms with van der Waals surface area (Å²) in [6.45, 7) is 3.44. The lowest BCUT2D eigenvalue weighted by Crippen LogP contribution is -2.38. The van der Waals surface area contributed by atoms with Crippen molar-refractivity contribution in [2.24, 2.45) is 0 Å². The number of nitrogens with zero attached hydrogens (tertiary/aromatic N) is 2. The van der Waals surface area contributed by atoms with Gasteiger partial charge in [-0.1, -0.05) is 38.0 Å². The monoisotopic (exact) mass is 463 g/mol. The van der Waals surface area contributed by atoms with Crippen LogP contribution in [0.2, 0.25) is 0 Å². The number of rotatable bonds is 10. The summed E-state index contributed by atoms with van der Waals surface area (Å²) in [5.74, 6) is 1.65. The molecule has 0 saturated carbocycles. The second-order valence-electron chi connectivity index (χ2n) is 6.45. The molecule has 0 aliphatic carbocycles. The van der Waals surface area contributed by atoms with Gasteiger partial charge in [-0.15, -0.1) is 6.42 Å². The predicted octanol–water partition coefficient (Wildman–Crippen LogP) is 1.98. The summed E-state index contributed by atoms with van der Waals surface area (Å²) in [7, 11) is -7.56. The fourth-order valence-corrected chi connectivity index (χ4v) is 5.64. The molecule has 1 N–H and O–H groups in total. The van der Waals surface area contributed by atoms with Crippen molar-refractivity contribution >= 4 is 31.6 Å². The van der Waals surface area contributed by atoms with Crippen molar-refractivity contribution in [3.8, 4) is 12.3 Å². The molecule has 0 aliphatic rings. The zero-order valence-corrected chi connectivity index (χ0v) is 19.0. The van der Waals surface area contributed by atoms with Crippen LogP contribution < -0.4 is 5.32 Å². The molecule has 0 saturated heterocycles. The van der Waals surface area contributed by atoms with Crippen LogP contribution in [0.1, 0.15) is 13.8 Å². The van der Waals surface area contributed by atoms with Gasteiger partial charge in [-0.05, 0) is 36.4 Å². The fourth-order valence-electron chi connectivity index (χ4n) is 2.85. The lowest BCUT2D eigenvalue weighted by Gasteiger charge is -2.20. The Kier molecular flexibility index (Phi) is 8.36. The van der Waals surface area contributed by atoms with Crippen molar-refractivity contribution in [2.75, 3.05) is 31.5 Å². The van der Waals surface area contributed by atoms with Crippen molar-refractivity contribution in [2.45, 2.75) is 23.6 Å². The van der Waals surface area contributed by atoms with E-state index in [2.05, 4.69) is 11.2 Å². The van der Waals surface area contributed by atoms with Crippen molar-refractivity contribution in [1.82, 2.24) is 8.61 Å². The number of carbonyl (C=O) groups excluding carboxylic acids is 1. The zero-order valence-electron chi connectivity index (χ0n) is 17.4. The van der Waals surface area contributed by atoms with Gasteiger partial charge < -0.3 is 5.32 Å². The highest BCUT2D eigenvalue weighted by Gasteiger charge is 2.26. The van der Waals surface area contributed by atoms with E-state index in [-0.39, 0.29) is 16.3 Å². The molecule has 0 aromatic heterocycles. The Labute approximate surface area is 184 Å². The smallest absolute Gasteiger partial charge is 0.244 e. The quantitative estimate of drug-likeness (QED) is 0.543. The van der Waals surface area contributed by atoms with Crippen molar-refractivity contribution in [3.05, 3.63) is 54.6 Å². The predicted molar refractivity (Wildman–Crippen MR) is 119 cm³/mol. The Hall–Kier alpha value is -2.71. The van der Waals surface area contributed by atoms with Crippen LogP contribution in [0, 0.1) is 12.3 Å². The van der Waals surface area contributed by atoms with E-state index in [9.17, 15) is 21.6 Å². The van der Waals surface area contributed by atoms with Gasteiger partial charge in [-0.2, -0.15) is 8.61 Å². The van der Waals surface area contributed by atoms with E-state index in [1.807, 2.05) is 0 Å². The highest BCUT2D eigenvalue weighted by atomic mass is 32.2. The van der Waals surface area contributed by atoms with Gasteiger partial charge in [0.25, 0.3) is 0 Å². The number of sulfonamides is 2. The first-order valence-corrected chi connectivity index (χ1v) is 12.4. The second kappa shape index (κ2) is 10.5. The van der Waals surface area contributed by atoms with Crippen LogP contribution in [0.5, 0.6) is 0 Å². The number of terminal acetylenes is 1. The van der Waals surface area contributed by atoms with Crippen molar-refractivity contribution < 1.29 is 21.6 Å². The summed E-state index contributed by atoms with van der Waals surface area (Å²) in [5.41, 5.74) is 0.335. The van der Waals surface area contributed by atoms with Crippen LogP contribution in [0.25, 0.3) is 0 Å². The van der Waals surface area contributed by atoms with Crippen LogP contribution in [-0.2, 0) is 24.8 Å². The normalized spacial score (nSPS) is 12.0. The van der Waals surface area contributed by atoms with Gasteiger partial charge in [-0.25, -0.2) is 16.8 Å². The standard InChI is InChI=1S/C21H25N3O5S2/c1-4-16-24(31(28,29)19-10-8-7-9-11-19)17-21(25)22-18-12-14-20(15-13-18)30(26,27)23(5-2)6-3/h1,7-15H,5-6,16-17H2,2-3H3,(H,22,25). The number of carbonyl (C=O) groups is 1. The Balaban J connectivity index is 2.15. The molecule has 0 bridgehead atoms. The molecule has 0 aliphatic heterocycles. The maximum absolute atomic E-state index is 12.8. The largest absolute Gasteiger partial charge is 0.325 e. The lowest BCUT2D eigenvalue weighted by molar-refractivity contribution is -0.116. The van der Waals surface area contributed by atoms with Gasteiger partial charge in [-0.3, -0.25) is 4.79 Å². The molecule has 2 rings (SSSR count). The summed E-state index contributed by atoms with van der Waals surface area (Å²) in [4.78, 5) is 12.6.